The maximum atomic E-state index is 14.3. The Morgan fingerprint density at radius 2 is 1.70 bits per heavy atom. The number of allylic oxidation sites excluding steroid dienone is 2. The number of hydrogen-bond acceptors (Lipinski definition) is 1. The number of fused-ring (bicyclic) bond motifs is 2. The first kappa shape index (κ1) is 18.0. The summed E-state index contributed by atoms with van der Waals surface area (Å²) in [6, 6.07) is 0. The fraction of sp³-hybridized carbons (Fsp3) is 0.769. The van der Waals surface area contributed by atoms with Crippen molar-refractivity contribution in [1.29, 1.82) is 0 Å². The number of alkyl halides is 8. The lowest BCUT2D eigenvalue weighted by atomic mass is 9.71. The van der Waals surface area contributed by atoms with Gasteiger partial charge in [0.25, 0.3) is 6.43 Å². The molecule has 10 heteroatoms. The summed E-state index contributed by atoms with van der Waals surface area (Å²) in [5.74, 6) is -15.7. The van der Waals surface area contributed by atoms with Gasteiger partial charge in [-0.2, -0.15) is 17.6 Å². The van der Waals surface area contributed by atoms with Gasteiger partial charge in [-0.25, -0.2) is 17.6 Å². The van der Waals surface area contributed by atoms with Crippen LogP contribution in [-0.2, 0) is 4.79 Å². The summed E-state index contributed by atoms with van der Waals surface area (Å²) in [6.45, 7) is 0. The van der Waals surface area contributed by atoms with Gasteiger partial charge in [-0.1, -0.05) is 12.2 Å². The van der Waals surface area contributed by atoms with Crippen LogP contribution in [0.1, 0.15) is 12.8 Å². The molecular formula is C13H12F8O2. The van der Waals surface area contributed by atoms with Crippen molar-refractivity contribution in [3.63, 3.8) is 0 Å². The maximum absolute atomic E-state index is 14.3. The topological polar surface area (TPSA) is 37.3 Å². The Bertz CT molecular complexity index is 520. The summed E-state index contributed by atoms with van der Waals surface area (Å²) >= 11 is 0. The van der Waals surface area contributed by atoms with E-state index in [9.17, 15) is 39.9 Å². The van der Waals surface area contributed by atoms with E-state index in [1.807, 2.05) is 0 Å². The summed E-state index contributed by atoms with van der Waals surface area (Å²) < 4.78 is 106. The Hall–Kier alpha value is -1.35. The van der Waals surface area contributed by atoms with Crippen LogP contribution in [0.15, 0.2) is 12.2 Å². The number of halogens is 8. The van der Waals surface area contributed by atoms with Gasteiger partial charge in [-0.3, -0.25) is 4.79 Å². The molecule has 0 amide bonds. The number of carbonyl (C=O) groups is 1. The van der Waals surface area contributed by atoms with Crippen molar-refractivity contribution in [2.24, 2.45) is 17.3 Å². The SMILES string of the molecule is O=C(O)C1CC2C=CC1(C(F)C(F)(F)C(F)(F)C(F)C(F)F)C2. The molecule has 2 aliphatic rings. The Morgan fingerprint density at radius 1 is 1.13 bits per heavy atom. The second-order valence-corrected chi connectivity index (χ2v) is 5.91. The third-order valence-corrected chi connectivity index (χ3v) is 4.58. The van der Waals surface area contributed by atoms with Gasteiger partial charge in [0.05, 0.1) is 5.92 Å². The molecule has 0 radical (unpaired) electrons. The zero-order chi connectivity index (χ0) is 17.8. The van der Waals surface area contributed by atoms with Crippen LogP contribution in [0, 0.1) is 17.3 Å². The summed E-state index contributed by atoms with van der Waals surface area (Å²) in [6.07, 6.45) is -11.5. The highest BCUT2D eigenvalue weighted by Gasteiger charge is 2.74. The van der Waals surface area contributed by atoms with Crippen LogP contribution in [0.4, 0.5) is 35.1 Å². The van der Waals surface area contributed by atoms with Crippen molar-refractivity contribution in [3.8, 4) is 0 Å². The van der Waals surface area contributed by atoms with E-state index in [1.54, 1.807) is 0 Å². The van der Waals surface area contributed by atoms with E-state index in [0.29, 0.717) is 0 Å². The summed E-state index contributed by atoms with van der Waals surface area (Å²) in [5, 5.41) is 8.99. The van der Waals surface area contributed by atoms with Gasteiger partial charge < -0.3 is 5.11 Å². The van der Waals surface area contributed by atoms with E-state index in [1.165, 1.54) is 6.08 Å². The molecule has 0 saturated heterocycles. The van der Waals surface area contributed by atoms with E-state index in [2.05, 4.69) is 0 Å². The van der Waals surface area contributed by atoms with Gasteiger partial charge in [0.15, 0.2) is 6.17 Å². The first-order chi connectivity index (χ1) is 10.4. The quantitative estimate of drug-likeness (QED) is 0.582. The molecule has 0 spiro atoms. The molecule has 0 aromatic rings. The van der Waals surface area contributed by atoms with Crippen LogP contribution in [0.5, 0.6) is 0 Å². The Labute approximate surface area is 125 Å². The minimum Gasteiger partial charge on any atom is -0.481 e. The fourth-order valence-electron chi connectivity index (χ4n) is 3.39. The largest absolute Gasteiger partial charge is 0.481 e. The second-order valence-electron chi connectivity index (χ2n) is 5.91. The fourth-order valence-corrected chi connectivity index (χ4v) is 3.39. The number of aliphatic carboxylic acids is 1. The summed E-state index contributed by atoms with van der Waals surface area (Å²) in [7, 11) is 0. The minimum atomic E-state index is -5.98. The highest BCUT2D eigenvalue weighted by atomic mass is 19.3. The molecule has 0 aromatic heterocycles. The van der Waals surface area contributed by atoms with Crippen molar-refractivity contribution >= 4 is 5.97 Å². The van der Waals surface area contributed by atoms with Gasteiger partial charge in [0, 0.05) is 5.41 Å². The van der Waals surface area contributed by atoms with Crippen molar-refractivity contribution in [2.45, 2.75) is 43.5 Å². The third-order valence-electron chi connectivity index (χ3n) is 4.58. The molecule has 1 fully saturated rings. The van der Waals surface area contributed by atoms with Crippen molar-refractivity contribution in [2.75, 3.05) is 0 Å². The normalized spacial score (nSPS) is 33.3. The molecule has 2 nitrogen and oxygen atoms in total. The van der Waals surface area contributed by atoms with E-state index < -0.39 is 60.3 Å². The molecule has 5 atom stereocenters. The first-order valence-corrected chi connectivity index (χ1v) is 6.62. The van der Waals surface area contributed by atoms with Gasteiger partial charge in [0.2, 0.25) is 6.17 Å². The lowest BCUT2D eigenvalue weighted by molar-refractivity contribution is -0.291. The van der Waals surface area contributed by atoms with Crippen molar-refractivity contribution in [3.05, 3.63) is 12.2 Å². The Morgan fingerprint density at radius 3 is 2.13 bits per heavy atom. The predicted octanol–water partition coefficient (Wildman–Crippen LogP) is 3.87. The molecule has 2 rings (SSSR count). The molecule has 0 heterocycles. The molecule has 5 unspecified atom stereocenters. The molecule has 23 heavy (non-hydrogen) atoms. The lowest BCUT2D eigenvalue weighted by Gasteiger charge is -2.40. The van der Waals surface area contributed by atoms with Crippen LogP contribution in [0.25, 0.3) is 0 Å². The van der Waals surface area contributed by atoms with Crippen LogP contribution >= 0.6 is 0 Å². The van der Waals surface area contributed by atoms with Crippen molar-refractivity contribution in [1.82, 2.24) is 0 Å². The van der Waals surface area contributed by atoms with Gasteiger partial charge in [-0.05, 0) is 18.8 Å². The Balaban J connectivity index is 2.40. The lowest BCUT2D eigenvalue weighted by Crippen LogP contribution is -2.60. The van der Waals surface area contributed by atoms with Crippen molar-refractivity contribution < 1.29 is 45.0 Å². The molecule has 1 saturated carbocycles. The average molecular weight is 352 g/mol. The van der Waals surface area contributed by atoms with Gasteiger partial charge >= 0.3 is 17.8 Å². The smallest absolute Gasteiger partial charge is 0.349 e. The average Bonchev–Trinajstić information content (AvgIpc) is 3.04. The second kappa shape index (κ2) is 5.34. The molecule has 1 N–H and O–H groups in total. The van der Waals surface area contributed by atoms with Crippen LogP contribution in [-0.4, -0.2) is 41.7 Å². The molecule has 2 bridgehead atoms. The summed E-state index contributed by atoms with van der Waals surface area (Å²) in [4.78, 5) is 11.1. The number of hydrogen-bond donors (Lipinski definition) is 1. The summed E-state index contributed by atoms with van der Waals surface area (Å²) in [5.41, 5.74) is -2.47. The van der Waals surface area contributed by atoms with E-state index in [0.717, 1.165) is 6.08 Å². The monoisotopic (exact) mass is 352 g/mol. The van der Waals surface area contributed by atoms with Crippen LogP contribution in [0.2, 0.25) is 0 Å². The molecule has 0 aliphatic heterocycles. The van der Waals surface area contributed by atoms with Gasteiger partial charge in [0.1, 0.15) is 0 Å². The van der Waals surface area contributed by atoms with Crippen LogP contribution < -0.4 is 0 Å². The highest BCUT2D eigenvalue weighted by molar-refractivity contribution is 5.73. The van der Waals surface area contributed by atoms with Crippen LogP contribution in [0.3, 0.4) is 0 Å². The highest BCUT2D eigenvalue weighted by Crippen LogP contribution is 2.61. The minimum absolute atomic E-state index is 0.234. The zero-order valence-electron chi connectivity index (χ0n) is 11.3. The molecule has 132 valence electrons. The number of carboxylic acid groups (broad SMARTS) is 1. The molecule has 2 aliphatic carbocycles. The first-order valence-electron chi connectivity index (χ1n) is 6.62. The molecule has 0 aromatic carbocycles. The molecular weight excluding hydrogens is 340 g/mol. The van der Waals surface area contributed by atoms with E-state index >= 15 is 0 Å². The number of carboxylic acids is 1. The zero-order valence-corrected chi connectivity index (χ0v) is 11.3. The standard InChI is InChI=1S/C13H12F8O2/c14-7(8(15)16)12(18,19)13(20,21)10(17)11-2-1-5(4-11)3-6(11)9(22)23/h1-2,5-8,10H,3-4H2,(H,22,23). The third kappa shape index (κ3) is 2.40. The number of rotatable bonds is 6. The predicted molar refractivity (Wildman–Crippen MR) is 61.1 cm³/mol. The van der Waals surface area contributed by atoms with E-state index in [-0.39, 0.29) is 6.42 Å². The van der Waals surface area contributed by atoms with E-state index in [4.69, 9.17) is 5.11 Å². The van der Waals surface area contributed by atoms with Gasteiger partial charge in [-0.15, -0.1) is 0 Å². The maximum Gasteiger partial charge on any atom is 0.349 e. The Kier molecular flexibility index (Phi) is 4.18.